The van der Waals surface area contributed by atoms with E-state index in [0.717, 1.165) is 20.8 Å². The number of nitrogens with zero attached hydrogens (tertiary/aromatic N) is 4. The van der Waals surface area contributed by atoms with E-state index in [1.807, 2.05) is 26.0 Å². The van der Waals surface area contributed by atoms with Gasteiger partial charge in [0.2, 0.25) is 0 Å². The first-order valence-electron chi connectivity index (χ1n) is 6.08. The highest BCUT2D eigenvalue weighted by Gasteiger charge is 2.11. The van der Waals surface area contributed by atoms with E-state index in [4.69, 9.17) is 0 Å². The molecule has 0 aromatic carbocycles. The minimum Gasteiger partial charge on any atom is -0.267 e. The second kappa shape index (κ2) is 4.97. The van der Waals surface area contributed by atoms with Crippen LogP contribution in [0.3, 0.4) is 0 Å². The van der Waals surface area contributed by atoms with Crippen molar-refractivity contribution in [3.05, 3.63) is 57.2 Å². The topological polar surface area (TPSA) is 60.1 Å². The summed E-state index contributed by atoms with van der Waals surface area (Å²) in [6, 6.07) is 3.69. The lowest BCUT2D eigenvalue weighted by molar-refractivity contribution is 0.818. The summed E-state index contributed by atoms with van der Waals surface area (Å²) in [5, 5.41) is 4.81. The number of aryl methyl sites for hydroxylation is 2. The molecule has 0 amide bonds. The number of fused-ring (bicyclic) bond motifs is 1. The SMILES string of the molecule is Cc1sc2ncn(/N=C/c3cccnc3)c(=O)c2c1C. The van der Waals surface area contributed by atoms with Gasteiger partial charge in [0, 0.05) is 22.8 Å². The second-order valence-corrected chi connectivity index (χ2v) is 5.59. The molecule has 0 saturated carbocycles. The maximum absolute atomic E-state index is 12.4. The lowest BCUT2D eigenvalue weighted by Gasteiger charge is -1.98. The van der Waals surface area contributed by atoms with Crippen LogP contribution in [0.15, 0.2) is 40.7 Å². The molecule has 3 heterocycles. The van der Waals surface area contributed by atoms with Gasteiger partial charge >= 0.3 is 0 Å². The quantitative estimate of drug-likeness (QED) is 0.679. The van der Waals surface area contributed by atoms with Crippen molar-refractivity contribution < 1.29 is 0 Å². The zero-order valence-electron chi connectivity index (χ0n) is 11.1. The number of aromatic nitrogens is 3. The molecule has 0 N–H and O–H groups in total. The lowest BCUT2D eigenvalue weighted by Crippen LogP contribution is -2.16. The highest BCUT2D eigenvalue weighted by atomic mass is 32.1. The maximum Gasteiger partial charge on any atom is 0.282 e. The molecule has 3 rings (SSSR count). The van der Waals surface area contributed by atoms with Crippen molar-refractivity contribution in [3.63, 3.8) is 0 Å². The Bertz CT molecular complexity index is 849. The predicted molar refractivity (Wildman–Crippen MR) is 80.6 cm³/mol. The average molecular weight is 284 g/mol. The Morgan fingerprint density at radius 2 is 2.25 bits per heavy atom. The first kappa shape index (κ1) is 12.7. The Morgan fingerprint density at radius 1 is 1.40 bits per heavy atom. The highest BCUT2D eigenvalue weighted by Crippen LogP contribution is 2.25. The van der Waals surface area contributed by atoms with Gasteiger partial charge in [0.05, 0.1) is 11.6 Å². The van der Waals surface area contributed by atoms with Gasteiger partial charge in [-0.25, -0.2) is 4.98 Å². The minimum absolute atomic E-state index is 0.142. The fourth-order valence-corrected chi connectivity index (χ4v) is 2.88. The van der Waals surface area contributed by atoms with E-state index in [0.29, 0.717) is 5.39 Å². The van der Waals surface area contributed by atoms with Crippen LogP contribution >= 0.6 is 11.3 Å². The fourth-order valence-electron chi connectivity index (χ4n) is 1.89. The van der Waals surface area contributed by atoms with Gasteiger partial charge in [-0.2, -0.15) is 9.78 Å². The molecule has 0 bridgehead atoms. The molecular weight excluding hydrogens is 272 g/mol. The van der Waals surface area contributed by atoms with Crippen molar-refractivity contribution in [2.75, 3.05) is 0 Å². The molecule has 0 aliphatic carbocycles. The second-order valence-electron chi connectivity index (χ2n) is 4.39. The fraction of sp³-hybridized carbons (Fsp3) is 0.143. The smallest absolute Gasteiger partial charge is 0.267 e. The molecule has 3 aromatic rings. The summed E-state index contributed by atoms with van der Waals surface area (Å²) in [5.74, 6) is 0. The molecule has 0 saturated heterocycles. The van der Waals surface area contributed by atoms with Gasteiger partial charge in [-0.15, -0.1) is 11.3 Å². The van der Waals surface area contributed by atoms with Crippen LogP contribution in [0, 0.1) is 13.8 Å². The van der Waals surface area contributed by atoms with Crippen LogP contribution in [-0.2, 0) is 0 Å². The third kappa shape index (κ3) is 2.14. The van der Waals surface area contributed by atoms with Gasteiger partial charge in [-0.05, 0) is 25.5 Å². The van der Waals surface area contributed by atoms with Gasteiger partial charge in [-0.3, -0.25) is 9.78 Å². The van der Waals surface area contributed by atoms with Crippen LogP contribution in [0.25, 0.3) is 10.2 Å². The highest BCUT2D eigenvalue weighted by molar-refractivity contribution is 7.18. The van der Waals surface area contributed by atoms with Gasteiger partial charge < -0.3 is 0 Å². The number of rotatable bonds is 2. The van der Waals surface area contributed by atoms with Crippen molar-refractivity contribution in [3.8, 4) is 0 Å². The van der Waals surface area contributed by atoms with Gasteiger partial charge in [0.25, 0.3) is 5.56 Å². The summed E-state index contributed by atoms with van der Waals surface area (Å²) < 4.78 is 1.26. The van der Waals surface area contributed by atoms with E-state index in [9.17, 15) is 4.79 Å². The van der Waals surface area contributed by atoms with Crippen molar-refractivity contribution >= 4 is 27.8 Å². The zero-order valence-corrected chi connectivity index (χ0v) is 11.9. The molecule has 0 radical (unpaired) electrons. The molecule has 0 unspecified atom stereocenters. The number of thiophene rings is 1. The first-order valence-corrected chi connectivity index (χ1v) is 6.90. The summed E-state index contributed by atoms with van der Waals surface area (Å²) in [5.41, 5.74) is 1.67. The lowest BCUT2D eigenvalue weighted by atomic mass is 10.2. The van der Waals surface area contributed by atoms with Crippen LogP contribution in [0.2, 0.25) is 0 Å². The molecule has 0 fully saturated rings. The molecule has 3 aromatic heterocycles. The van der Waals surface area contributed by atoms with Crippen LogP contribution in [0.1, 0.15) is 16.0 Å². The molecule has 0 spiro atoms. The Balaban J connectivity index is 2.09. The van der Waals surface area contributed by atoms with Crippen molar-refractivity contribution in [2.24, 2.45) is 5.10 Å². The van der Waals surface area contributed by atoms with E-state index < -0.39 is 0 Å². The summed E-state index contributed by atoms with van der Waals surface area (Å²) in [6.45, 7) is 3.93. The molecule has 0 atom stereocenters. The third-order valence-corrected chi connectivity index (χ3v) is 4.20. The number of hydrogen-bond donors (Lipinski definition) is 0. The maximum atomic E-state index is 12.4. The van der Waals surface area contributed by atoms with E-state index in [1.54, 1.807) is 18.6 Å². The molecular formula is C14H12N4OS. The summed E-state index contributed by atoms with van der Waals surface area (Å²) in [6.07, 6.45) is 6.42. The van der Waals surface area contributed by atoms with Gasteiger partial charge in [0.15, 0.2) is 0 Å². The van der Waals surface area contributed by atoms with Gasteiger partial charge in [0.1, 0.15) is 11.2 Å². The normalized spacial score (nSPS) is 11.5. The van der Waals surface area contributed by atoms with Crippen molar-refractivity contribution in [1.82, 2.24) is 14.6 Å². The predicted octanol–water partition coefficient (Wildman–Crippen LogP) is 2.35. The van der Waals surface area contributed by atoms with Crippen molar-refractivity contribution in [1.29, 1.82) is 0 Å². The Morgan fingerprint density at radius 3 is 3.00 bits per heavy atom. The zero-order chi connectivity index (χ0) is 14.1. The standard InChI is InChI=1S/C14H12N4OS/c1-9-10(2)20-13-12(9)14(19)18(8-16-13)17-7-11-4-3-5-15-6-11/h3-8H,1-2H3/b17-7+. The number of hydrogen-bond acceptors (Lipinski definition) is 5. The van der Waals surface area contributed by atoms with Crippen molar-refractivity contribution in [2.45, 2.75) is 13.8 Å². The summed E-state index contributed by atoms with van der Waals surface area (Å²) in [4.78, 5) is 22.5. The molecule has 0 aliphatic heterocycles. The Hall–Kier alpha value is -2.34. The van der Waals surface area contributed by atoms with E-state index in [-0.39, 0.29) is 5.56 Å². The molecule has 20 heavy (non-hydrogen) atoms. The van der Waals surface area contributed by atoms with E-state index >= 15 is 0 Å². The van der Waals surface area contributed by atoms with Crippen LogP contribution in [0.5, 0.6) is 0 Å². The molecule has 0 aliphatic rings. The third-order valence-electron chi connectivity index (χ3n) is 3.09. The van der Waals surface area contributed by atoms with Crippen LogP contribution in [0.4, 0.5) is 0 Å². The largest absolute Gasteiger partial charge is 0.282 e. The first-order chi connectivity index (χ1) is 9.66. The van der Waals surface area contributed by atoms with E-state index in [1.165, 1.54) is 22.3 Å². The monoisotopic (exact) mass is 284 g/mol. The minimum atomic E-state index is -0.142. The Kier molecular flexibility index (Phi) is 3.15. The summed E-state index contributed by atoms with van der Waals surface area (Å²) in [7, 11) is 0. The molecule has 100 valence electrons. The average Bonchev–Trinajstić information content (AvgIpc) is 2.75. The molecule has 5 nitrogen and oxygen atoms in total. The van der Waals surface area contributed by atoms with E-state index in [2.05, 4.69) is 15.1 Å². The van der Waals surface area contributed by atoms with Crippen LogP contribution < -0.4 is 5.56 Å². The summed E-state index contributed by atoms with van der Waals surface area (Å²) >= 11 is 1.53. The van der Waals surface area contributed by atoms with Crippen LogP contribution in [-0.4, -0.2) is 20.9 Å². The molecule has 6 heteroatoms. The van der Waals surface area contributed by atoms with Gasteiger partial charge in [-0.1, -0.05) is 6.07 Å². The number of pyridine rings is 1. The Labute approximate surface area is 119 Å².